The molecule has 0 spiro atoms. The minimum absolute atomic E-state index is 0.1000. The van der Waals surface area contributed by atoms with Gasteiger partial charge in [0.1, 0.15) is 6.23 Å². The minimum atomic E-state index is -3.22. The number of nitrogens with zero attached hydrogens (tertiary/aromatic N) is 1. The Hall–Kier alpha value is -1.26. The number of rotatable bonds is 7. The van der Waals surface area contributed by atoms with Crippen molar-refractivity contribution in [2.24, 2.45) is 11.6 Å². The molecule has 0 bridgehead atoms. The first-order valence-electron chi connectivity index (χ1n) is 7.16. The van der Waals surface area contributed by atoms with E-state index >= 15 is 0 Å². The summed E-state index contributed by atoms with van der Waals surface area (Å²) in [5.41, 5.74) is 12.1. The summed E-state index contributed by atoms with van der Waals surface area (Å²) in [5, 5.41) is 1.35. The van der Waals surface area contributed by atoms with Crippen LogP contribution in [0.1, 0.15) is 23.2 Å². The summed E-state index contributed by atoms with van der Waals surface area (Å²) in [6, 6.07) is 4.84. The fourth-order valence-corrected chi connectivity index (χ4v) is 3.03. The molecular formula is C13H21N4O5PS. The van der Waals surface area contributed by atoms with E-state index in [2.05, 4.69) is 0 Å². The molecule has 3 unspecified atom stereocenters. The van der Waals surface area contributed by atoms with E-state index < -0.39 is 18.9 Å². The van der Waals surface area contributed by atoms with E-state index in [9.17, 15) is 9.69 Å². The smallest absolute Gasteiger partial charge is 0.324 e. The molecule has 3 atom stereocenters. The van der Waals surface area contributed by atoms with Crippen molar-refractivity contribution in [2.75, 3.05) is 24.5 Å². The van der Waals surface area contributed by atoms with Crippen LogP contribution in [0.2, 0.25) is 0 Å². The summed E-state index contributed by atoms with van der Waals surface area (Å²) in [5.74, 6) is 5.46. The normalized spacial score (nSPS) is 23.0. The Morgan fingerprint density at radius 1 is 1.54 bits per heavy atom. The van der Waals surface area contributed by atoms with E-state index in [4.69, 9.17) is 42.9 Å². The molecule has 9 nitrogen and oxygen atoms in total. The van der Waals surface area contributed by atoms with E-state index in [0.717, 1.165) is 0 Å². The van der Waals surface area contributed by atoms with Gasteiger partial charge in [-0.05, 0) is 36.8 Å². The van der Waals surface area contributed by atoms with Crippen LogP contribution in [0.15, 0.2) is 18.2 Å². The van der Waals surface area contributed by atoms with Gasteiger partial charge in [-0.3, -0.25) is 9.80 Å². The number of nitrogens with two attached hydrogens (primary N) is 3. The fourth-order valence-electron chi connectivity index (χ4n) is 2.39. The zero-order valence-corrected chi connectivity index (χ0v) is 14.8. The third-order valence-corrected chi connectivity index (χ3v) is 5.38. The van der Waals surface area contributed by atoms with Crippen LogP contribution in [0, 0.1) is 0 Å². The van der Waals surface area contributed by atoms with E-state index in [0.29, 0.717) is 18.5 Å². The van der Waals surface area contributed by atoms with Crippen molar-refractivity contribution in [3.05, 3.63) is 23.8 Å². The largest absolute Gasteiger partial charge is 0.396 e. The molecule has 1 aromatic carbocycles. The van der Waals surface area contributed by atoms with E-state index in [1.807, 2.05) is 0 Å². The highest BCUT2D eigenvalue weighted by Gasteiger charge is 2.31. The van der Waals surface area contributed by atoms with Crippen molar-refractivity contribution in [2.45, 2.75) is 25.2 Å². The van der Waals surface area contributed by atoms with Crippen molar-refractivity contribution in [3.63, 3.8) is 0 Å². The van der Waals surface area contributed by atoms with Crippen molar-refractivity contribution >= 4 is 35.8 Å². The van der Waals surface area contributed by atoms with Crippen molar-refractivity contribution in [1.29, 1.82) is 0 Å². The van der Waals surface area contributed by atoms with Gasteiger partial charge in [0.25, 0.3) is 5.91 Å². The average Bonchev–Trinajstić information content (AvgIpc) is 3.01. The van der Waals surface area contributed by atoms with Crippen LogP contribution in [-0.2, 0) is 25.6 Å². The van der Waals surface area contributed by atoms with Crippen LogP contribution >= 0.6 is 6.72 Å². The third-order valence-electron chi connectivity index (χ3n) is 3.68. The molecule has 1 fully saturated rings. The van der Waals surface area contributed by atoms with Gasteiger partial charge >= 0.3 is 6.72 Å². The maximum absolute atomic E-state index is 11.4. The SMILES string of the molecule is COP(O)(=S)OCC1CCC(N(N)c2cccc(C(N)=O)c2N)O1. The number of para-hydroxylation sites is 1. The Bertz CT molecular complexity index is 661. The molecule has 0 aliphatic carbocycles. The van der Waals surface area contributed by atoms with Gasteiger partial charge in [0.2, 0.25) is 0 Å². The zero-order chi connectivity index (χ0) is 17.9. The van der Waals surface area contributed by atoms with E-state index in [-0.39, 0.29) is 24.0 Å². The summed E-state index contributed by atoms with van der Waals surface area (Å²) in [6.45, 7) is -3.12. The number of hydrogen-bond acceptors (Lipinski definition) is 8. The van der Waals surface area contributed by atoms with Gasteiger partial charge in [-0.15, -0.1) is 0 Å². The lowest BCUT2D eigenvalue weighted by atomic mass is 10.1. The first kappa shape index (κ1) is 19.1. The molecule has 1 aromatic rings. The number of ether oxygens (including phenoxy) is 1. The van der Waals surface area contributed by atoms with Crippen LogP contribution in [0.4, 0.5) is 11.4 Å². The number of carbonyl (C=O) groups excluding carboxylic acids is 1. The number of anilines is 2. The molecule has 0 saturated carbocycles. The lowest BCUT2D eigenvalue weighted by Gasteiger charge is -2.27. The number of hydrazine groups is 1. The molecule has 134 valence electrons. The number of primary amides is 1. The molecule has 24 heavy (non-hydrogen) atoms. The lowest BCUT2D eigenvalue weighted by molar-refractivity contribution is 0.0129. The fraction of sp³-hybridized carbons (Fsp3) is 0.462. The van der Waals surface area contributed by atoms with Crippen LogP contribution in [-0.4, -0.2) is 36.8 Å². The lowest BCUT2D eigenvalue weighted by Crippen LogP contribution is -2.42. The molecule has 1 amide bonds. The molecule has 1 heterocycles. The maximum Gasteiger partial charge on any atom is 0.324 e. The molecule has 1 saturated heterocycles. The predicted octanol–water partition coefficient (Wildman–Crippen LogP) is 0.433. The monoisotopic (exact) mass is 376 g/mol. The first-order valence-corrected chi connectivity index (χ1v) is 9.75. The van der Waals surface area contributed by atoms with Gasteiger partial charge in [-0.2, -0.15) is 0 Å². The predicted molar refractivity (Wildman–Crippen MR) is 93.4 cm³/mol. The highest BCUT2D eigenvalue weighted by Crippen LogP contribution is 2.43. The van der Waals surface area contributed by atoms with Crippen LogP contribution < -0.4 is 22.3 Å². The van der Waals surface area contributed by atoms with Crippen molar-refractivity contribution in [1.82, 2.24) is 0 Å². The summed E-state index contributed by atoms with van der Waals surface area (Å²) < 4.78 is 15.6. The van der Waals surface area contributed by atoms with Gasteiger partial charge in [-0.1, -0.05) is 6.07 Å². The maximum atomic E-state index is 11.4. The Labute approximate surface area is 144 Å². The molecule has 7 N–H and O–H groups in total. The Morgan fingerprint density at radius 2 is 2.25 bits per heavy atom. The number of carbonyl (C=O) groups is 1. The summed E-state index contributed by atoms with van der Waals surface area (Å²) in [7, 11) is 1.29. The summed E-state index contributed by atoms with van der Waals surface area (Å²) in [6.07, 6.45) is 0.535. The molecular weight excluding hydrogens is 355 g/mol. The van der Waals surface area contributed by atoms with Crippen LogP contribution in [0.25, 0.3) is 0 Å². The Balaban J connectivity index is 2.02. The minimum Gasteiger partial charge on any atom is -0.396 e. The summed E-state index contributed by atoms with van der Waals surface area (Å²) >= 11 is 4.76. The van der Waals surface area contributed by atoms with Crippen LogP contribution in [0.3, 0.4) is 0 Å². The quantitative estimate of drug-likeness (QED) is 0.230. The van der Waals surface area contributed by atoms with Crippen molar-refractivity contribution < 1.29 is 23.5 Å². The number of hydrogen-bond donors (Lipinski definition) is 4. The second-order valence-corrected chi connectivity index (χ2v) is 8.19. The van der Waals surface area contributed by atoms with Gasteiger partial charge in [0.05, 0.1) is 29.6 Å². The number of amides is 1. The third kappa shape index (κ3) is 4.42. The highest BCUT2D eigenvalue weighted by molar-refractivity contribution is 8.07. The first-order chi connectivity index (χ1) is 11.2. The standard InChI is InChI=1S/C13H21N4O5PS/c1-20-23(19,24)21-7-8-5-6-11(22-8)17(16)10-4-2-3-9(12(10)14)13(15)18/h2-4,8,11H,5-7,14,16H2,1H3,(H2,15,18)(H,19,24). The molecule has 1 aliphatic heterocycles. The number of nitrogen functional groups attached to an aromatic ring is 1. The molecule has 11 heteroatoms. The van der Waals surface area contributed by atoms with Crippen LogP contribution in [0.5, 0.6) is 0 Å². The van der Waals surface area contributed by atoms with Gasteiger partial charge in [0.15, 0.2) is 0 Å². The topological polar surface area (TPSA) is 146 Å². The molecule has 0 radical (unpaired) electrons. The van der Waals surface area contributed by atoms with Gasteiger partial charge < -0.3 is 30.1 Å². The van der Waals surface area contributed by atoms with Gasteiger partial charge in [0, 0.05) is 7.11 Å². The molecule has 1 aliphatic rings. The highest BCUT2D eigenvalue weighted by atomic mass is 32.5. The second kappa shape index (κ2) is 7.75. The average molecular weight is 376 g/mol. The van der Waals surface area contributed by atoms with E-state index in [1.165, 1.54) is 18.2 Å². The Kier molecular flexibility index (Phi) is 6.16. The number of benzene rings is 1. The van der Waals surface area contributed by atoms with E-state index in [1.54, 1.807) is 12.1 Å². The van der Waals surface area contributed by atoms with Gasteiger partial charge in [-0.25, -0.2) is 5.84 Å². The molecule has 0 aromatic heterocycles. The molecule has 2 rings (SSSR count). The zero-order valence-electron chi connectivity index (χ0n) is 13.1. The summed E-state index contributed by atoms with van der Waals surface area (Å²) in [4.78, 5) is 21.0. The van der Waals surface area contributed by atoms with Crippen molar-refractivity contribution in [3.8, 4) is 0 Å². The Morgan fingerprint density at radius 3 is 2.88 bits per heavy atom. The second-order valence-electron chi connectivity index (χ2n) is 5.25.